The molecule has 0 radical (unpaired) electrons. The predicted molar refractivity (Wildman–Crippen MR) is 86.9 cm³/mol. The lowest BCUT2D eigenvalue weighted by molar-refractivity contribution is 0.00699. The molecule has 1 fully saturated rings. The fraction of sp³-hybridized carbons (Fsp3) is 0.571. The molecule has 128 valence electrons. The van der Waals surface area contributed by atoms with E-state index in [-0.39, 0.29) is 12.6 Å². The van der Waals surface area contributed by atoms with E-state index in [1.165, 1.54) is 10.6 Å². The highest BCUT2D eigenvalue weighted by Crippen LogP contribution is 2.17. The highest BCUT2D eigenvalue weighted by Gasteiger charge is 2.26. The van der Waals surface area contributed by atoms with Gasteiger partial charge in [0.2, 0.25) is 10.0 Å². The zero-order valence-corrected chi connectivity index (χ0v) is 14.3. The van der Waals surface area contributed by atoms with Gasteiger partial charge in [-0.1, -0.05) is 0 Å². The monoisotopic (exact) mass is 342 g/mol. The van der Waals surface area contributed by atoms with Crippen LogP contribution in [0.5, 0.6) is 0 Å². The number of nitrogens with zero attached hydrogens (tertiary/aromatic N) is 2. The summed E-state index contributed by atoms with van der Waals surface area (Å²) in [4.78, 5) is 15.9. The molecule has 1 aliphatic rings. The number of aromatic nitrogens is 1. The number of hydrogen-bond acceptors (Lipinski definition) is 6. The first-order valence-electron chi connectivity index (χ1n) is 7.27. The number of primary amides is 1. The molecule has 0 bridgehead atoms. The van der Waals surface area contributed by atoms with E-state index in [1.807, 2.05) is 13.8 Å². The zero-order valence-electron chi connectivity index (χ0n) is 13.5. The second-order valence-corrected chi connectivity index (χ2v) is 7.63. The third-order valence-electron chi connectivity index (χ3n) is 3.80. The van der Waals surface area contributed by atoms with Crippen molar-refractivity contribution in [1.29, 1.82) is 0 Å². The van der Waals surface area contributed by atoms with Gasteiger partial charge in [-0.3, -0.25) is 4.79 Å². The Bertz CT molecular complexity index is 705. The van der Waals surface area contributed by atoms with Gasteiger partial charge in [-0.05, 0) is 25.5 Å². The first-order valence-corrected chi connectivity index (χ1v) is 9.12. The van der Waals surface area contributed by atoms with E-state index in [2.05, 4.69) is 10.3 Å². The van der Waals surface area contributed by atoms with Crippen LogP contribution in [0.4, 0.5) is 5.82 Å². The van der Waals surface area contributed by atoms with E-state index in [9.17, 15) is 13.2 Å². The first-order chi connectivity index (χ1) is 10.7. The molecule has 1 aromatic heterocycles. The van der Waals surface area contributed by atoms with Crippen molar-refractivity contribution < 1.29 is 17.9 Å². The molecule has 1 unspecified atom stereocenters. The van der Waals surface area contributed by atoms with Gasteiger partial charge in [0.1, 0.15) is 5.82 Å². The number of anilines is 1. The van der Waals surface area contributed by atoms with Gasteiger partial charge in [-0.2, -0.15) is 4.31 Å². The van der Waals surface area contributed by atoms with Gasteiger partial charge < -0.3 is 15.8 Å². The van der Waals surface area contributed by atoms with Crippen LogP contribution in [0.1, 0.15) is 21.6 Å². The van der Waals surface area contributed by atoms with Gasteiger partial charge >= 0.3 is 0 Å². The number of carbonyl (C=O) groups is 1. The minimum atomic E-state index is -3.24. The van der Waals surface area contributed by atoms with Crippen LogP contribution >= 0.6 is 0 Å². The second kappa shape index (κ2) is 6.81. The SMILES string of the molecule is Cc1cc(C(N)=O)c(NCC2CN(S(C)(=O)=O)CCO2)nc1C. The molecule has 9 heteroatoms. The number of nitrogens with one attached hydrogen (secondary N) is 1. The van der Waals surface area contributed by atoms with Crippen molar-refractivity contribution in [3.8, 4) is 0 Å². The molecule has 1 aromatic rings. The van der Waals surface area contributed by atoms with E-state index in [0.29, 0.717) is 31.1 Å². The Morgan fingerprint density at radius 1 is 1.52 bits per heavy atom. The molecule has 2 heterocycles. The van der Waals surface area contributed by atoms with E-state index >= 15 is 0 Å². The minimum absolute atomic E-state index is 0.266. The summed E-state index contributed by atoms with van der Waals surface area (Å²) in [6.45, 7) is 4.98. The summed E-state index contributed by atoms with van der Waals surface area (Å²) < 4.78 is 30.2. The fourth-order valence-corrected chi connectivity index (χ4v) is 3.20. The van der Waals surface area contributed by atoms with Gasteiger partial charge in [0.25, 0.3) is 5.91 Å². The van der Waals surface area contributed by atoms with Gasteiger partial charge in [0.15, 0.2) is 0 Å². The van der Waals surface area contributed by atoms with Gasteiger partial charge in [0, 0.05) is 25.3 Å². The summed E-state index contributed by atoms with van der Waals surface area (Å²) in [5.41, 5.74) is 7.36. The van der Waals surface area contributed by atoms with E-state index in [4.69, 9.17) is 10.5 Å². The van der Waals surface area contributed by atoms with Crippen LogP contribution in [0.3, 0.4) is 0 Å². The molecule has 2 rings (SSSR count). The smallest absolute Gasteiger partial charge is 0.252 e. The quantitative estimate of drug-likeness (QED) is 0.770. The highest BCUT2D eigenvalue weighted by atomic mass is 32.2. The van der Waals surface area contributed by atoms with Gasteiger partial charge in [0.05, 0.1) is 24.5 Å². The van der Waals surface area contributed by atoms with Crippen LogP contribution in [0.25, 0.3) is 0 Å². The number of sulfonamides is 1. The number of morpholine rings is 1. The molecular weight excluding hydrogens is 320 g/mol. The molecule has 0 spiro atoms. The number of ether oxygens (including phenoxy) is 1. The molecule has 0 aromatic carbocycles. The molecule has 0 saturated carbocycles. The maximum atomic E-state index is 11.6. The molecule has 23 heavy (non-hydrogen) atoms. The number of hydrogen-bond donors (Lipinski definition) is 2. The first kappa shape index (κ1) is 17.6. The lowest BCUT2D eigenvalue weighted by Gasteiger charge is -2.31. The van der Waals surface area contributed by atoms with Crippen LogP contribution < -0.4 is 11.1 Å². The Morgan fingerprint density at radius 2 is 2.22 bits per heavy atom. The Morgan fingerprint density at radius 3 is 2.83 bits per heavy atom. The molecule has 0 aliphatic carbocycles. The lowest BCUT2D eigenvalue weighted by atomic mass is 10.1. The molecule has 1 amide bonds. The van der Waals surface area contributed by atoms with Crippen LogP contribution in [-0.4, -0.2) is 62.2 Å². The van der Waals surface area contributed by atoms with Crippen molar-refractivity contribution >= 4 is 21.7 Å². The Kier molecular flexibility index (Phi) is 5.23. The van der Waals surface area contributed by atoms with E-state index in [0.717, 1.165) is 11.3 Å². The Balaban J connectivity index is 2.09. The van der Waals surface area contributed by atoms with E-state index < -0.39 is 15.9 Å². The fourth-order valence-electron chi connectivity index (χ4n) is 2.36. The Hall–Kier alpha value is -1.71. The summed E-state index contributed by atoms with van der Waals surface area (Å²) in [5.74, 6) is -0.175. The molecule has 1 saturated heterocycles. The summed E-state index contributed by atoms with van der Waals surface area (Å²) in [6.07, 6.45) is 0.862. The zero-order chi connectivity index (χ0) is 17.2. The third-order valence-corrected chi connectivity index (χ3v) is 5.07. The van der Waals surface area contributed by atoms with E-state index in [1.54, 1.807) is 6.07 Å². The van der Waals surface area contributed by atoms with Crippen molar-refractivity contribution in [1.82, 2.24) is 9.29 Å². The lowest BCUT2D eigenvalue weighted by Crippen LogP contribution is -2.47. The maximum absolute atomic E-state index is 11.6. The third kappa shape index (κ3) is 4.40. The van der Waals surface area contributed by atoms with Crippen molar-refractivity contribution in [3.05, 3.63) is 22.9 Å². The van der Waals surface area contributed by atoms with Crippen LogP contribution in [0, 0.1) is 13.8 Å². The van der Waals surface area contributed by atoms with Crippen LogP contribution in [0.2, 0.25) is 0 Å². The standard InChI is InChI=1S/C14H22N4O4S/c1-9-6-12(13(15)19)14(17-10(9)2)16-7-11-8-18(4-5-22-11)23(3,20)21/h6,11H,4-5,7-8H2,1-3H3,(H2,15,19)(H,16,17). The highest BCUT2D eigenvalue weighted by molar-refractivity contribution is 7.88. The van der Waals surface area contributed by atoms with Gasteiger partial charge in [-0.25, -0.2) is 13.4 Å². The number of rotatable bonds is 5. The summed E-state index contributed by atoms with van der Waals surface area (Å²) in [5, 5.41) is 3.05. The largest absolute Gasteiger partial charge is 0.374 e. The summed E-state index contributed by atoms with van der Waals surface area (Å²) >= 11 is 0. The average molecular weight is 342 g/mol. The number of aryl methyl sites for hydroxylation is 2. The topological polar surface area (TPSA) is 115 Å². The number of carbonyl (C=O) groups excluding carboxylic acids is 1. The van der Waals surface area contributed by atoms with Crippen LogP contribution in [-0.2, 0) is 14.8 Å². The normalized spacial score (nSPS) is 19.5. The van der Waals surface area contributed by atoms with Crippen molar-refractivity contribution in [3.63, 3.8) is 0 Å². The summed E-state index contributed by atoms with van der Waals surface area (Å²) in [6, 6.07) is 1.69. The Labute approximate surface area is 136 Å². The minimum Gasteiger partial charge on any atom is -0.374 e. The van der Waals surface area contributed by atoms with Crippen molar-refractivity contribution in [2.24, 2.45) is 5.73 Å². The number of amides is 1. The van der Waals surface area contributed by atoms with Crippen molar-refractivity contribution in [2.45, 2.75) is 20.0 Å². The summed E-state index contributed by atoms with van der Waals surface area (Å²) in [7, 11) is -3.24. The predicted octanol–water partition coefficient (Wildman–Crippen LogP) is -0.130. The molecular formula is C14H22N4O4S. The van der Waals surface area contributed by atoms with Crippen LogP contribution in [0.15, 0.2) is 6.07 Å². The average Bonchev–Trinajstić information content (AvgIpc) is 2.47. The number of nitrogens with two attached hydrogens (primary N) is 1. The molecule has 8 nitrogen and oxygen atoms in total. The number of pyridine rings is 1. The van der Waals surface area contributed by atoms with Crippen molar-refractivity contribution in [2.75, 3.05) is 37.8 Å². The molecule has 1 aliphatic heterocycles. The molecule has 1 atom stereocenters. The van der Waals surface area contributed by atoms with Gasteiger partial charge in [-0.15, -0.1) is 0 Å². The second-order valence-electron chi connectivity index (χ2n) is 5.65. The maximum Gasteiger partial charge on any atom is 0.252 e. The molecule has 3 N–H and O–H groups in total.